The van der Waals surface area contributed by atoms with Crippen LogP contribution < -0.4 is 10.5 Å². The maximum atomic E-state index is 8.71. The van der Waals surface area contributed by atoms with Crippen LogP contribution in [0.4, 0.5) is 5.69 Å². The normalized spacial score (nSPS) is 9.65. The highest BCUT2D eigenvalue weighted by atomic mass is 16.5. The summed E-state index contributed by atoms with van der Waals surface area (Å²) in [6.07, 6.45) is 1.47. The maximum Gasteiger partial charge on any atom is 0.323 e. The van der Waals surface area contributed by atoms with Gasteiger partial charge >= 0.3 is 6.01 Å². The molecule has 0 unspecified atom stereocenters. The molecule has 0 saturated heterocycles. The molecule has 0 radical (unpaired) electrons. The van der Waals surface area contributed by atoms with Crippen molar-refractivity contribution in [3.05, 3.63) is 41.7 Å². The molecule has 17 heavy (non-hydrogen) atoms. The number of ether oxygens (including phenoxy) is 1. The van der Waals surface area contributed by atoms with Gasteiger partial charge in [0.25, 0.3) is 0 Å². The standard InChI is InChI=1S/C12H10N4O/c1-8-10(14)3-2-4-11(8)17-12-15-6-5-9(7-13)16-12/h2-6H,14H2,1H3. The fourth-order valence-corrected chi connectivity index (χ4v) is 1.29. The molecule has 5 heteroatoms. The summed E-state index contributed by atoms with van der Waals surface area (Å²) in [4.78, 5) is 7.85. The van der Waals surface area contributed by atoms with Gasteiger partial charge in [-0.1, -0.05) is 6.07 Å². The highest BCUT2D eigenvalue weighted by Crippen LogP contribution is 2.26. The molecule has 1 aromatic heterocycles. The van der Waals surface area contributed by atoms with Crippen LogP contribution in [-0.2, 0) is 0 Å². The number of nitriles is 1. The third-order valence-electron chi connectivity index (χ3n) is 2.28. The first-order valence-corrected chi connectivity index (χ1v) is 4.97. The number of hydrogen-bond acceptors (Lipinski definition) is 5. The summed E-state index contributed by atoms with van der Waals surface area (Å²) in [7, 11) is 0. The molecule has 0 aliphatic heterocycles. The van der Waals surface area contributed by atoms with Gasteiger partial charge in [-0.25, -0.2) is 4.98 Å². The van der Waals surface area contributed by atoms with Gasteiger partial charge in [-0.05, 0) is 25.1 Å². The number of nitrogens with two attached hydrogens (primary N) is 1. The van der Waals surface area contributed by atoms with Crippen molar-refractivity contribution >= 4 is 5.69 Å². The Morgan fingerprint density at radius 2 is 2.18 bits per heavy atom. The van der Waals surface area contributed by atoms with E-state index < -0.39 is 0 Å². The number of nitrogen functional groups attached to an aromatic ring is 1. The van der Waals surface area contributed by atoms with E-state index in [0.29, 0.717) is 11.4 Å². The van der Waals surface area contributed by atoms with Crippen molar-refractivity contribution in [1.82, 2.24) is 9.97 Å². The summed E-state index contributed by atoms with van der Waals surface area (Å²) < 4.78 is 5.48. The molecule has 5 nitrogen and oxygen atoms in total. The number of rotatable bonds is 2. The summed E-state index contributed by atoms with van der Waals surface area (Å²) in [6, 6.07) is 8.92. The predicted octanol–water partition coefficient (Wildman–Crippen LogP) is 2.03. The molecule has 0 bridgehead atoms. The van der Waals surface area contributed by atoms with Crippen LogP contribution in [0.1, 0.15) is 11.3 Å². The minimum absolute atomic E-state index is 0.137. The van der Waals surface area contributed by atoms with E-state index in [4.69, 9.17) is 15.7 Å². The molecule has 2 rings (SSSR count). The van der Waals surface area contributed by atoms with Crippen LogP contribution in [0.5, 0.6) is 11.8 Å². The zero-order valence-corrected chi connectivity index (χ0v) is 9.21. The molecule has 0 amide bonds. The summed E-state index contributed by atoms with van der Waals surface area (Å²) in [5.41, 5.74) is 7.47. The molecule has 1 heterocycles. The van der Waals surface area contributed by atoms with Crippen molar-refractivity contribution in [2.75, 3.05) is 5.73 Å². The van der Waals surface area contributed by atoms with Gasteiger partial charge in [0.2, 0.25) is 0 Å². The largest absolute Gasteiger partial charge is 0.424 e. The van der Waals surface area contributed by atoms with E-state index in [2.05, 4.69) is 9.97 Å². The molecule has 0 atom stereocenters. The lowest BCUT2D eigenvalue weighted by Gasteiger charge is -2.08. The Labute approximate surface area is 98.5 Å². The number of hydrogen-bond donors (Lipinski definition) is 1. The first kappa shape index (κ1) is 10.9. The molecule has 1 aromatic carbocycles. The Kier molecular flexibility index (Phi) is 2.88. The first-order valence-electron chi connectivity index (χ1n) is 4.97. The van der Waals surface area contributed by atoms with Crippen molar-refractivity contribution < 1.29 is 4.74 Å². The lowest BCUT2D eigenvalue weighted by molar-refractivity contribution is 0.438. The molecule has 2 N–H and O–H groups in total. The highest BCUT2D eigenvalue weighted by Gasteiger charge is 2.06. The topological polar surface area (TPSA) is 84.8 Å². The van der Waals surface area contributed by atoms with E-state index in [9.17, 15) is 0 Å². The summed E-state index contributed by atoms with van der Waals surface area (Å²) >= 11 is 0. The lowest BCUT2D eigenvalue weighted by atomic mass is 10.2. The van der Waals surface area contributed by atoms with E-state index in [1.807, 2.05) is 13.0 Å². The van der Waals surface area contributed by atoms with E-state index in [1.165, 1.54) is 12.3 Å². The van der Waals surface area contributed by atoms with Crippen LogP contribution in [-0.4, -0.2) is 9.97 Å². The number of nitrogens with zero attached hydrogens (tertiary/aromatic N) is 3. The SMILES string of the molecule is Cc1c(N)cccc1Oc1nccc(C#N)n1. The van der Waals surface area contributed by atoms with E-state index in [0.717, 1.165) is 5.56 Å². The van der Waals surface area contributed by atoms with Crippen LogP contribution in [0.15, 0.2) is 30.5 Å². The fourth-order valence-electron chi connectivity index (χ4n) is 1.29. The van der Waals surface area contributed by atoms with Crippen molar-refractivity contribution in [1.29, 1.82) is 5.26 Å². The van der Waals surface area contributed by atoms with Gasteiger partial charge in [-0.15, -0.1) is 0 Å². The second-order valence-corrected chi connectivity index (χ2v) is 3.41. The van der Waals surface area contributed by atoms with Crippen molar-refractivity contribution in [2.45, 2.75) is 6.92 Å². The summed E-state index contributed by atoms with van der Waals surface area (Å²) in [6.45, 7) is 1.85. The fraction of sp³-hybridized carbons (Fsp3) is 0.0833. The zero-order chi connectivity index (χ0) is 12.3. The Morgan fingerprint density at radius 1 is 1.35 bits per heavy atom. The monoisotopic (exact) mass is 226 g/mol. The summed E-state index contributed by atoms with van der Waals surface area (Å²) in [5.74, 6) is 0.583. The quantitative estimate of drug-likeness (QED) is 0.792. The van der Waals surface area contributed by atoms with Gasteiger partial charge in [0.05, 0.1) is 0 Å². The lowest BCUT2D eigenvalue weighted by Crippen LogP contribution is -1.97. The Hall–Kier alpha value is -2.61. The second-order valence-electron chi connectivity index (χ2n) is 3.41. The third-order valence-corrected chi connectivity index (χ3v) is 2.28. The van der Waals surface area contributed by atoms with Gasteiger partial charge in [0.1, 0.15) is 17.5 Å². The average molecular weight is 226 g/mol. The molecule has 0 aliphatic carbocycles. The maximum absolute atomic E-state index is 8.71. The van der Waals surface area contributed by atoms with Crippen LogP contribution in [0.2, 0.25) is 0 Å². The van der Waals surface area contributed by atoms with Crippen LogP contribution in [0.25, 0.3) is 0 Å². The van der Waals surface area contributed by atoms with Gasteiger partial charge in [0, 0.05) is 17.4 Å². The number of aromatic nitrogens is 2. The van der Waals surface area contributed by atoms with Gasteiger partial charge in [0.15, 0.2) is 0 Å². The van der Waals surface area contributed by atoms with Crippen LogP contribution in [0, 0.1) is 18.3 Å². The first-order chi connectivity index (χ1) is 8.20. The van der Waals surface area contributed by atoms with Gasteiger partial charge in [-0.3, -0.25) is 0 Å². The number of benzene rings is 1. The second kappa shape index (κ2) is 4.49. The number of anilines is 1. The molecule has 84 valence electrons. The summed E-state index contributed by atoms with van der Waals surface area (Å²) in [5, 5.41) is 8.71. The molecular formula is C12H10N4O. The van der Waals surface area contributed by atoms with Crippen molar-refractivity contribution in [3.8, 4) is 17.8 Å². The average Bonchev–Trinajstić information content (AvgIpc) is 2.35. The van der Waals surface area contributed by atoms with Gasteiger partial charge < -0.3 is 10.5 Å². The van der Waals surface area contributed by atoms with E-state index in [1.54, 1.807) is 18.2 Å². The smallest absolute Gasteiger partial charge is 0.323 e. The van der Waals surface area contributed by atoms with E-state index in [-0.39, 0.29) is 11.7 Å². The minimum Gasteiger partial charge on any atom is -0.424 e. The molecule has 2 aromatic rings. The Balaban J connectivity index is 2.32. The predicted molar refractivity (Wildman–Crippen MR) is 62.4 cm³/mol. The van der Waals surface area contributed by atoms with E-state index >= 15 is 0 Å². The zero-order valence-electron chi connectivity index (χ0n) is 9.21. The highest BCUT2D eigenvalue weighted by molar-refractivity contribution is 5.53. The molecule has 0 fully saturated rings. The Bertz CT molecular complexity index is 589. The molecule has 0 spiro atoms. The van der Waals surface area contributed by atoms with Crippen LogP contribution in [0.3, 0.4) is 0 Å². The van der Waals surface area contributed by atoms with Crippen molar-refractivity contribution in [2.24, 2.45) is 0 Å². The molecule has 0 saturated carbocycles. The van der Waals surface area contributed by atoms with Gasteiger partial charge in [-0.2, -0.15) is 10.2 Å². The van der Waals surface area contributed by atoms with Crippen LogP contribution >= 0.6 is 0 Å². The Morgan fingerprint density at radius 3 is 2.94 bits per heavy atom. The third kappa shape index (κ3) is 2.32. The molecular weight excluding hydrogens is 216 g/mol. The molecule has 0 aliphatic rings. The minimum atomic E-state index is 0.137. The van der Waals surface area contributed by atoms with Crippen molar-refractivity contribution in [3.63, 3.8) is 0 Å².